The minimum atomic E-state index is -0.477. The van der Waals surface area contributed by atoms with Gasteiger partial charge in [0.1, 0.15) is 6.61 Å². The summed E-state index contributed by atoms with van der Waals surface area (Å²) in [5, 5.41) is 5.08. The Morgan fingerprint density at radius 2 is 1.44 bits per heavy atom. The largest absolute Gasteiger partial charge is 0.447 e. The molecule has 0 aliphatic carbocycles. The summed E-state index contributed by atoms with van der Waals surface area (Å²) in [5.41, 5.74) is 5.77. The standard InChI is InChI=1S/C16H33N3O6/c1-13(2)12-14(17)15(20)19-4-5-22-6-7-23-8-9-24-10-11-25-16(21)18-3/h13-14H,4-12,17H2,1-3H3,(H,18,21)(H,19,20)/t14-/m1/s1. The molecular formula is C16H33N3O6. The second kappa shape index (κ2) is 16.1. The van der Waals surface area contributed by atoms with E-state index in [0.29, 0.717) is 58.5 Å². The SMILES string of the molecule is CNC(=O)OCCOCCOCCOCCNC(=O)[C@H](N)CC(C)C. The molecule has 0 saturated heterocycles. The van der Waals surface area contributed by atoms with E-state index in [4.69, 9.17) is 24.7 Å². The highest BCUT2D eigenvalue weighted by molar-refractivity contribution is 5.81. The highest BCUT2D eigenvalue weighted by Crippen LogP contribution is 2.02. The van der Waals surface area contributed by atoms with Crippen LogP contribution in [-0.4, -0.2) is 77.9 Å². The monoisotopic (exact) mass is 363 g/mol. The number of carbonyl (C=O) groups is 2. The number of rotatable bonds is 15. The van der Waals surface area contributed by atoms with Crippen molar-refractivity contribution in [1.29, 1.82) is 0 Å². The smallest absolute Gasteiger partial charge is 0.406 e. The van der Waals surface area contributed by atoms with E-state index in [-0.39, 0.29) is 12.5 Å². The average Bonchev–Trinajstić information content (AvgIpc) is 2.57. The van der Waals surface area contributed by atoms with Gasteiger partial charge in [-0.1, -0.05) is 13.8 Å². The molecule has 0 spiro atoms. The molecule has 25 heavy (non-hydrogen) atoms. The van der Waals surface area contributed by atoms with Gasteiger partial charge in [0, 0.05) is 13.6 Å². The Hall–Kier alpha value is -1.42. The summed E-state index contributed by atoms with van der Waals surface area (Å²) < 4.78 is 20.6. The third-order valence-electron chi connectivity index (χ3n) is 3.02. The molecule has 9 nitrogen and oxygen atoms in total. The average molecular weight is 363 g/mol. The fourth-order valence-electron chi connectivity index (χ4n) is 1.80. The van der Waals surface area contributed by atoms with Crippen LogP contribution in [0.3, 0.4) is 0 Å². The summed E-state index contributed by atoms with van der Waals surface area (Å²) >= 11 is 0. The van der Waals surface area contributed by atoms with Gasteiger partial charge in [-0.3, -0.25) is 4.79 Å². The maximum Gasteiger partial charge on any atom is 0.406 e. The number of nitrogens with two attached hydrogens (primary N) is 1. The number of hydrogen-bond acceptors (Lipinski definition) is 7. The lowest BCUT2D eigenvalue weighted by molar-refractivity contribution is -0.122. The van der Waals surface area contributed by atoms with Crippen LogP contribution in [0.25, 0.3) is 0 Å². The fraction of sp³-hybridized carbons (Fsp3) is 0.875. The zero-order chi connectivity index (χ0) is 18.9. The molecule has 0 aromatic heterocycles. The summed E-state index contributed by atoms with van der Waals surface area (Å²) in [6.07, 6.45) is 0.190. The van der Waals surface area contributed by atoms with Crippen LogP contribution >= 0.6 is 0 Å². The van der Waals surface area contributed by atoms with Crippen LogP contribution in [0.5, 0.6) is 0 Å². The van der Waals surface area contributed by atoms with Crippen molar-refractivity contribution in [1.82, 2.24) is 10.6 Å². The van der Waals surface area contributed by atoms with E-state index in [2.05, 4.69) is 10.6 Å². The number of carbonyl (C=O) groups excluding carboxylic acids is 2. The van der Waals surface area contributed by atoms with Crippen molar-refractivity contribution in [3.05, 3.63) is 0 Å². The van der Waals surface area contributed by atoms with Gasteiger partial charge < -0.3 is 35.3 Å². The van der Waals surface area contributed by atoms with E-state index in [1.54, 1.807) is 0 Å². The molecule has 0 aliphatic rings. The molecule has 0 aromatic carbocycles. The number of hydrogen-bond donors (Lipinski definition) is 3. The van der Waals surface area contributed by atoms with E-state index in [1.165, 1.54) is 7.05 Å². The summed E-state index contributed by atoms with van der Waals surface area (Å²) in [6.45, 7) is 7.16. The lowest BCUT2D eigenvalue weighted by Gasteiger charge is -2.14. The zero-order valence-corrected chi connectivity index (χ0v) is 15.5. The lowest BCUT2D eigenvalue weighted by atomic mass is 10.0. The van der Waals surface area contributed by atoms with Gasteiger partial charge in [0.15, 0.2) is 0 Å². The van der Waals surface area contributed by atoms with Gasteiger partial charge in [-0.25, -0.2) is 4.79 Å². The molecule has 0 unspecified atom stereocenters. The highest BCUT2D eigenvalue weighted by atomic mass is 16.6. The van der Waals surface area contributed by atoms with Crippen LogP contribution in [0.4, 0.5) is 4.79 Å². The molecule has 0 heterocycles. The first-order valence-electron chi connectivity index (χ1n) is 8.58. The van der Waals surface area contributed by atoms with Gasteiger partial charge >= 0.3 is 6.09 Å². The molecule has 2 amide bonds. The van der Waals surface area contributed by atoms with E-state index >= 15 is 0 Å². The first-order valence-corrected chi connectivity index (χ1v) is 8.58. The third kappa shape index (κ3) is 15.8. The Bertz CT molecular complexity index is 355. The number of nitrogens with one attached hydrogen (secondary N) is 2. The molecule has 9 heteroatoms. The first kappa shape index (κ1) is 23.6. The van der Waals surface area contributed by atoms with Crippen LogP contribution in [0, 0.1) is 5.92 Å². The predicted octanol–water partition coefficient (Wildman–Crippen LogP) is -0.118. The Morgan fingerprint density at radius 3 is 1.96 bits per heavy atom. The molecule has 0 aliphatic heterocycles. The Labute approximate surface area is 149 Å². The highest BCUT2D eigenvalue weighted by Gasteiger charge is 2.13. The second-order valence-electron chi connectivity index (χ2n) is 5.75. The van der Waals surface area contributed by atoms with Gasteiger partial charge in [-0.15, -0.1) is 0 Å². The second-order valence-corrected chi connectivity index (χ2v) is 5.75. The van der Waals surface area contributed by atoms with Crippen molar-refractivity contribution in [2.75, 3.05) is 59.8 Å². The zero-order valence-electron chi connectivity index (χ0n) is 15.5. The van der Waals surface area contributed by atoms with Crippen LogP contribution in [0.2, 0.25) is 0 Å². The van der Waals surface area contributed by atoms with Gasteiger partial charge in [-0.05, 0) is 12.3 Å². The van der Waals surface area contributed by atoms with Crippen molar-refractivity contribution in [2.24, 2.45) is 11.7 Å². The predicted molar refractivity (Wildman–Crippen MR) is 93.3 cm³/mol. The number of ether oxygens (including phenoxy) is 4. The van der Waals surface area contributed by atoms with Gasteiger partial charge in [-0.2, -0.15) is 0 Å². The molecule has 0 fully saturated rings. The van der Waals surface area contributed by atoms with Gasteiger partial charge in [0.25, 0.3) is 0 Å². The summed E-state index contributed by atoms with van der Waals surface area (Å²) in [4.78, 5) is 22.4. The molecule has 0 rings (SSSR count). The third-order valence-corrected chi connectivity index (χ3v) is 3.02. The van der Waals surface area contributed by atoms with Crippen LogP contribution < -0.4 is 16.4 Å². The Balaban J connectivity index is 3.26. The van der Waals surface area contributed by atoms with Crippen molar-refractivity contribution in [2.45, 2.75) is 26.3 Å². The topological polar surface area (TPSA) is 121 Å². The van der Waals surface area contributed by atoms with E-state index < -0.39 is 12.1 Å². The first-order chi connectivity index (χ1) is 12.0. The molecule has 0 bridgehead atoms. The molecule has 0 aromatic rings. The van der Waals surface area contributed by atoms with E-state index in [0.717, 1.165) is 0 Å². The number of amides is 2. The van der Waals surface area contributed by atoms with Gasteiger partial charge in [0.05, 0.1) is 45.7 Å². The van der Waals surface area contributed by atoms with Crippen molar-refractivity contribution < 1.29 is 28.5 Å². The normalized spacial score (nSPS) is 12.0. The lowest BCUT2D eigenvalue weighted by Crippen LogP contribution is -2.42. The summed E-state index contributed by atoms with van der Waals surface area (Å²) in [7, 11) is 1.49. The van der Waals surface area contributed by atoms with E-state index in [9.17, 15) is 9.59 Å². The molecular weight excluding hydrogens is 330 g/mol. The fourth-order valence-corrected chi connectivity index (χ4v) is 1.80. The van der Waals surface area contributed by atoms with Crippen molar-refractivity contribution in [3.8, 4) is 0 Å². The summed E-state index contributed by atoms with van der Waals surface area (Å²) in [6, 6.07) is -0.468. The molecule has 4 N–H and O–H groups in total. The maximum absolute atomic E-state index is 11.7. The molecule has 1 atom stereocenters. The number of alkyl carbamates (subject to hydrolysis) is 1. The summed E-state index contributed by atoms with van der Waals surface area (Å²) in [5.74, 6) is 0.243. The Kier molecular flexibility index (Phi) is 15.2. The Morgan fingerprint density at radius 1 is 0.920 bits per heavy atom. The molecule has 0 saturated carbocycles. The minimum absolute atomic E-state index is 0.147. The maximum atomic E-state index is 11.7. The van der Waals surface area contributed by atoms with E-state index in [1.807, 2.05) is 13.8 Å². The minimum Gasteiger partial charge on any atom is -0.447 e. The van der Waals surface area contributed by atoms with Crippen LogP contribution in [0.15, 0.2) is 0 Å². The van der Waals surface area contributed by atoms with Crippen molar-refractivity contribution >= 4 is 12.0 Å². The quantitative estimate of drug-likeness (QED) is 0.347. The van der Waals surface area contributed by atoms with Crippen molar-refractivity contribution in [3.63, 3.8) is 0 Å². The van der Waals surface area contributed by atoms with Crippen LogP contribution in [0.1, 0.15) is 20.3 Å². The molecule has 148 valence electrons. The van der Waals surface area contributed by atoms with Gasteiger partial charge in [0.2, 0.25) is 5.91 Å². The van der Waals surface area contributed by atoms with Crippen LogP contribution in [-0.2, 0) is 23.7 Å². The molecule has 0 radical (unpaired) electrons.